The standard InChI is InChI=1S/C73H66O4S2/c1-7-12-26-55-57(28-14-9-3)72(78-70(55)49-31-38-64-61(42-49)53-34-33-51-59(44(6)74-66(51)67(53)75-64)40-45(11-5)46-22-18-16-19-23-46)73-58(29-15-10-4)56(27-13-8-2)71(79-73)50-32-39-65-62(43-50)54-36-35-52-60-41-48(47-24-20-17-21-25-47)30-37-63(60)76-68(52)69(54)77-65/h11,16-25,30-43H,5,7-10,12-15,26-29H2,1-4,6H3/b45-40+. The molecular formula is C73H66O4S2. The van der Waals surface area contributed by atoms with E-state index in [9.17, 15) is 0 Å². The third kappa shape index (κ3) is 8.98. The summed E-state index contributed by atoms with van der Waals surface area (Å²) in [6, 6.07) is 50.2. The predicted molar refractivity (Wildman–Crippen MR) is 339 cm³/mol. The van der Waals surface area contributed by atoms with E-state index >= 15 is 0 Å². The first-order chi connectivity index (χ1) is 38.9. The van der Waals surface area contributed by atoms with Gasteiger partial charge in [-0.15, -0.1) is 22.7 Å². The Morgan fingerprint density at radius 2 is 0.797 bits per heavy atom. The molecule has 4 nitrogen and oxygen atoms in total. The molecule has 0 aliphatic heterocycles. The first-order valence-corrected chi connectivity index (χ1v) is 30.5. The van der Waals surface area contributed by atoms with Crippen molar-refractivity contribution in [3.8, 4) is 41.8 Å². The minimum absolute atomic E-state index is 0.785. The molecule has 0 saturated heterocycles. The molecule has 0 fully saturated rings. The monoisotopic (exact) mass is 1070 g/mol. The smallest absolute Gasteiger partial charge is 0.178 e. The van der Waals surface area contributed by atoms with Crippen LogP contribution in [0.5, 0.6) is 0 Å². The number of furan rings is 4. The normalized spacial score (nSPS) is 12.3. The second-order valence-corrected chi connectivity index (χ2v) is 23.6. The Balaban J connectivity index is 0.945. The quantitative estimate of drug-likeness (QED) is 0.0757. The van der Waals surface area contributed by atoms with E-state index in [0.717, 1.165) is 176 Å². The Hall–Kier alpha value is -7.64. The second kappa shape index (κ2) is 21.5. The van der Waals surface area contributed by atoms with Crippen molar-refractivity contribution in [2.75, 3.05) is 0 Å². The molecule has 6 aromatic heterocycles. The Bertz CT molecular complexity index is 4450. The maximum atomic E-state index is 6.79. The molecular weight excluding hydrogens is 1000 g/mol. The molecule has 79 heavy (non-hydrogen) atoms. The number of hydrogen-bond donors (Lipinski definition) is 0. The average molecular weight is 1070 g/mol. The molecule has 0 bridgehead atoms. The Morgan fingerprint density at radius 3 is 1.24 bits per heavy atom. The van der Waals surface area contributed by atoms with Crippen LogP contribution in [0, 0.1) is 6.92 Å². The van der Waals surface area contributed by atoms with Crippen LogP contribution in [-0.4, -0.2) is 0 Å². The van der Waals surface area contributed by atoms with Gasteiger partial charge in [-0.1, -0.05) is 133 Å². The lowest BCUT2D eigenvalue weighted by Gasteiger charge is -2.11. The van der Waals surface area contributed by atoms with Crippen LogP contribution in [0.15, 0.2) is 170 Å². The van der Waals surface area contributed by atoms with Gasteiger partial charge in [0.2, 0.25) is 0 Å². The number of rotatable bonds is 19. The zero-order valence-electron chi connectivity index (χ0n) is 46.1. The summed E-state index contributed by atoms with van der Waals surface area (Å²) in [5, 5.41) is 7.62. The zero-order chi connectivity index (χ0) is 53.7. The molecule has 0 amide bonds. The topological polar surface area (TPSA) is 52.6 Å². The minimum Gasteiger partial charge on any atom is -0.457 e. The van der Waals surface area contributed by atoms with Crippen molar-refractivity contribution < 1.29 is 17.7 Å². The van der Waals surface area contributed by atoms with E-state index in [1.165, 1.54) is 52.9 Å². The lowest BCUT2D eigenvalue weighted by Crippen LogP contribution is -1.97. The highest BCUT2D eigenvalue weighted by Gasteiger charge is 2.28. The Kier molecular flexibility index (Phi) is 13.9. The molecule has 0 N–H and O–H groups in total. The molecule has 6 heteroatoms. The average Bonchev–Trinajstić information content (AvgIpc) is 4.38. The van der Waals surface area contributed by atoms with Gasteiger partial charge < -0.3 is 17.7 Å². The second-order valence-electron chi connectivity index (χ2n) is 21.5. The van der Waals surface area contributed by atoms with Crippen LogP contribution in [0.4, 0.5) is 0 Å². The first-order valence-electron chi connectivity index (χ1n) is 28.8. The highest BCUT2D eigenvalue weighted by molar-refractivity contribution is 7.25. The lowest BCUT2D eigenvalue weighted by molar-refractivity contribution is 0.568. The van der Waals surface area contributed by atoms with Crippen LogP contribution in [0.3, 0.4) is 0 Å². The van der Waals surface area contributed by atoms with Gasteiger partial charge in [-0.05, 0) is 193 Å². The summed E-state index contributed by atoms with van der Waals surface area (Å²) in [5.41, 5.74) is 20.1. The van der Waals surface area contributed by atoms with Crippen molar-refractivity contribution in [1.82, 2.24) is 0 Å². The molecule has 13 rings (SSSR count). The first kappa shape index (κ1) is 50.8. The molecule has 7 aromatic carbocycles. The molecule has 0 aliphatic rings. The maximum absolute atomic E-state index is 6.79. The Labute approximate surface area is 470 Å². The number of benzene rings is 7. The van der Waals surface area contributed by atoms with Gasteiger partial charge in [-0.3, -0.25) is 0 Å². The van der Waals surface area contributed by atoms with Crippen molar-refractivity contribution in [3.05, 3.63) is 191 Å². The maximum Gasteiger partial charge on any atom is 0.178 e. The zero-order valence-corrected chi connectivity index (χ0v) is 47.7. The molecule has 394 valence electrons. The van der Waals surface area contributed by atoms with Gasteiger partial charge in [0.15, 0.2) is 22.3 Å². The van der Waals surface area contributed by atoms with E-state index < -0.39 is 0 Å². The summed E-state index contributed by atoms with van der Waals surface area (Å²) in [5.74, 6) is 0.858. The summed E-state index contributed by atoms with van der Waals surface area (Å²) in [6.45, 7) is 15.5. The predicted octanol–water partition coefficient (Wildman–Crippen LogP) is 23.3. The van der Waals surface area contributed by atoms with Gasteiger partial charge in [0.05, 0.1) is 0 Å². The third-order valence-corrected chi connectivity index (χ3v) is 19.2. The fourth-order valence-corrected chi connectivity index (χ4v) is 15.2. The van der Waals surface area contributed by atoms with Gasteiger partial charge in [0, 0.05) is 62.8 Å². The van der Waals surface area contributed by atoms with Gasteiger partial charge in [-0.25, -0.2) is 0 Å². The summed E-state index contributed by atoms with van der Waals surface area (Å²) >= 11 is 4.08. The van der Waals surface area contributed by atoms with E-state index in [1.807, 2.05) is 41.7 Å². The largest absolute Gasteiger partial charge is 0.457 e. The van der Waals surface area contributed by atoms with Gasteiger partial charge in [-0.2, -0.15) is 0 Å². The fourth-order valence-electron chi connectivity index (χ4n) is 12.2. The number of fused-ring (bicyclic) bond motifs is 12. The molecule has 0 saturated carbocycles. The van der Waals surface area contributed by atoms with E-state index in [2.05, 4.69) is 174 Å². The highest BCUT2D eigenvalue weighted by atomic mass is 32.1. The van der Waals surface area contributed by atoms with E-state index in [-0.39, 0.29) is 0 Å². The van der Waals surface area contributed by atoms with Crippen molar-refractivity contribution in [3.63, 3.8) is 0 Å². The number of allylic oxidation sites excluding steroid dienone is 2. The fraction of sp³-hybridized carbons (Fsp3) is 0.233. The molecule has 0 atom stereocenters. The molecule has 6 heterocycles. The molecule has 0 aliphatic carbocycles. The van der Waals surface area contributed by atoms with Crippen molar-refractivity contribution >= 4 is 111 Å². The van der Waals surface area contributed by atoms with E-state index in [4.69, 9.17) is 17.7 Å². The molecule has 0 spiro atoms. The van der Waals surface area contributed by atoms with Crippen molar-refractivity contribution in [2.45, 2.75) is 112 Å². The van der Waals surface area contributed by atoms with Crippen LogP contribution < -0.4 is 0 Å². The SMILES string of the molecule is C=C/C(=C\c1c(C)oc2c1ccc1c3cc(-c4sc(-c5sc(-c6ccc7oc8c(ccc9c%10cc(-c%11ccccc%11)ccc%10oc98)c7c6)c(CCCC)c5CCCC)c(CCCC)c4CCCC)ccc3oc12)c1ccccc1. The van der Waals surface area contributed by atoms with Gasteiger partial charge in [0.25, 0.3) is 0 Å². The summed E-state index contributed by atoms with van der Waals surface area (Å²) < 4.78 is 26.8. The Morgan fingerprint density at radius 1 is 0.405 bits per heavy atom. The van der Waals surface area contributed by atoms with Crippen LogP contribution in [0.2, 0.25) is 0 Å². The summed E-state index contributed by atoms with van der Waals surface area (Å²) in [6.07, 6.45) is 17.6. The number of aryl methyl sites for hydroxylation is 1. The van der Waals surface area contributed by atoms with Crippen molar-refractivity contribution in [2.24, 2.45) is 0 Å². The molecule has 0 unspecified atom stereocenters. The number of hydrogen-bond acceptors (Lipinski definition) is 6. The molecule has 13 aromatic rings. The summed E-state index contributed by atoms with van der Waals surface area (Å²) in [7, 11) is 0. The number of unbranched alkanes of at least 4 members (excludes halogenated alkanes) is 4. The van der Waals surface area contributed by atoms with Crippen LogP contribution >= 0.6 is 22.7 Å². The third-order valence-electron chi connectivity index (χ3n) is 16.4. The van der Waals surface area contributed by atoms with Crippen LogP contribution in [0.1, 0.15) is 118 Å². The summed E-state index contributed by atoms with van der Waals surface area (Å²) in [4.78, 5) is 5.76. The van der Waals surface area contributed by atoms with Gasteiger partial charge in [0.1, 0.15) is 22.5 Å². The van der Waals surface area contributed by atoms with E-state index in [0.29, 0.717) is 0 Å². The van der Waals surface area contributed by atoms with Crippen molar-refractivity contribution in [1.29, 1.82) is 0 Å². The minimum atomic E-state index is 0.785. The van der Waals surface area contributed by atoms with Gasteiger partial charge >= 0.3 is 0 Å². The highest BCUT2D eigenvalue weighted by Crippen LogP contribution is 2.53. The number of thiophene rings is 2. The van der Waals surface area contributed by atoms with Crippen LogP contribution in [0.25, 0.3) is 130 Å². The van der Waals surface area contributed by atoms with E-state index in [1.54, 1.807) is 11.1 Å². The lowest BCUT2D eigenvalue weighted by atomic mass is 9.92. The van der Waals surface area contributed by atoms with Crippen LogP contribution in [-0.2, 0) is 25.7 Å². The molecule has 0 radical (unpaired) electrons.